The third kappa shape index (κ3) is 5.35. The van der Waals surface area contributed by atoms with E-state index >= 15 is 0 Å². The summed E-state index contributed by atoms with van der Waals surface area (Å²) in [7, 11) is -3.71. The van der Waals surface area contributed by atoms with Gasteiger partial charge in [0.2, 0.25) is 15.9 Å². The molecule has 2 aliphatic heterocycles. The molecule has 1 aromatic rings. The topological polar surface area (TPSA) is 104 Å². The zero-order chi connectivity index (χ0) is 27.0. The van der Waals surface area contributed by atoms with Gasteiger partial charge in [0, 0.05) is 25.2 Å². The molecule has 2 saturated carbocycles. The lowest BCUT2D eigenvalue weighted by molar-refractivity contribution is -0.129. The van der Waals surface area contributed by atoms with Gasteiger partial charge in [0.05, 0.1) is 42.3 Å². The fourth-order valence-electron chi connectivity index (χ4n) is 7.53. The predicted octanol–water partition coefficient (Wildman–Crippen LogP) is 3.60. The maximum Gasteiger partial charge on any atom is 0.274 e. The molecule has 0 N–H and O–H groups in total. The molecule has 0 unspecified atom stereocenters. The highest BCUT2D eigenvalue weighted by Crippen LogP contribution is 2.41. The van der Waals surface area contributed by atoms with Crippen molar-refractivity contribution in [3.05, 3.63) is 23.8 Å². The summed E-state index contributed by atoms with van der Waals surface area (Å²) in [6.07, 6.45) is 17.7. The van der Waals surface area contributed by atoms with E-state index < -0.39 is 33.9 Å². The fourth-order valence-corrected chi connectivity index (χ4v) is 8.70. The molecule has 4 fully saturated rings. The Kier molecular flexibility index (Phi) is 8.10. The van der Waals surface area contributed by atoms with E-state index in [9.17, 15) is 18.0 Å². The fraction of sp³-hybridized carbons (Fsp3) is 0.786. The molecule has 3 atom stereocenters. The van der Waals surface area contributed by atoms with Crippen LogP contribution in [0, 0.1) is 11.8 Å². The SMILES string of the molecule is CC(C)[C@H]1C(=O)N(S(C)(=O)=O)[C@H]2CCN(C(=O)c3cnc(CN(C4CCCCC4)C4CCCCC4)cn3)[C@H]12. The second kappa shape index (κ2) is 11.2. The van der Waals surface area contributed by atoms with Crippen molar-refractivity contribution in [2.24, 2.45) is 11.8 Å². The monoisotopic (exact) mass is 545 g/mol. The van der Waals surface area contributed by atoms with Gasteiger partial charge < -0.3 is 4.90 Å². The Balaban J connectivity index is 1.32. The Labute approximate surface area is 227 Å². The summed E-state index contributed by atoms with van der Waals surface area (Å²) in [6.45, 7) is 4.98. The number of fused-ring (bicyclic) bond motifs is 1. The van der Waals surface area contributed by atoms with Crippen LogP contribution in [-0.4, -0.2) is 81.3 Å². The smallest absolute Gasteiger partial charge is 0.274 e. The van der Waals surface area contributed by atoms with Gasteiger partial charge in [-0.3, -0.25) is 19.5 Å². The summed E-state index contributed by atoms with van der Waals surface area (Å²) in [5.41, 5.74) is 1.14. The van der Waals surface area contributed by atoms with E-state index in [1.165, 1.54) is 64.2 Å². The third-order valence-corrected chi connectivity index (χ3v) is 10.4. The lowest BCUT2D eigenvalue weighted by Gasteiger charge is -2.41. The summed E-state index contributed by atoms with van der Waals surface area (Å²) in [5, 5.41) is 0. The van der Waals surface area contributed by atoms with E-state index in [0.29, 0.717) is 25.0 Å². The van der Waals surface area contributed by atoms with Crippen LogP contribution in [0.2, 0.25) is 0 Å². The average Bonchev–Trinajstić information content (AvgIpc) is 3.44. The van der Waals surface area contributed by atoms with E-state index in [2.05, 4.69) is 14.9 Å². The van der Waals surface area contributed by atoms with Gasteiger partial charge in [0.25, 0.3) is 5.91 Å². The third-order valence-electron chi connectivity index (χ3n) is 9.28. The minimum absolute atomic E-state index is 0.0887. The van der Waals surface area contributed by atoms with E-state index in [4.69, 9.17) is 0 Å². The maximum absolute atomic E-state index is 13.6. The Hall–Kier alpha value is -2.07. The molecule has 3 heterocycles. The Bertz CT molecular complexity index is 1090. The van der Waals surface area contributed by atoms with Crippen molar-refractivity contribution >= 4 is 21.8 Å². The number of likely N-dealkylation sites (tertiary alicyclic amines) is 1. The number of rotatable bonds is 7. The highest BCUT2D eigenvalue weighted by atomic mass is 32.2. The number of hydrogen-bond donors (Lipinski definition) is 0. The van der Waals surface area contributed by atoms with Crippen molar-refractivity contribution in [2.45, 2.75) is 115 Å². The second-order valence-electron chi connectivity index (χ2n) is 12.2. The van der Waals surface area contributed by atoms with E-state index in [0.717, 1.165) is 22.8 Å². The van der Waals surface area contributed by atoms with Crippen LogP contribution in [0.5, 0.6) is 0 Å². The van der Waals surface area contributed by atoms with Crippen LogP contribution in [0.15, 0.2) is 12.4 Å². The second-order valence-corrected chi connectivity index (χ2v) is 14.0. The van der Waals surface area contributed by atoms with Crippen LogP contribution >= 0.6 is 0 Å². The van der Waals surface area contributed by atoms with Gasteiger partial charge in [-0.2, -0.15) is 0 Å². The number of sulfonamides is 1. The van der Waals surface area contributed by atoms with Crippen molar-refractivity contribution < 1.29 is 18.0 Å². The normalized spacial score (nSPS) is 27.5. The standard InChI is InChI=1S/C28H43N5O4S/c1-19(2)25-26-24(33(28(25)35)38(3,36)37)14-15-31(26)27(34)23-17-29-20(16-30-23)18-32(21-10-6-4-7-11-21)22-12-8-5-9-13-22/h16-17,19,21-22,24-26H,4-15,18H2,1-3H3/t24-,25+,26-/m0/s1. The van der Waals surface area contributed by atoms with Crippen molar-refractivity contribution in [3.8, 4) is 0 Å². The van der Waals surface area contributed by atoms with Gasteiger partial charge in [-0.1, -0.05) is 52.4 Å². The Morgan fingerprint density at radius 3 is 2.08 bits per heavy atom. The number of hydrogen-bond acceptors (Lipinski definition) is 7. The van der Waals surface area contributed by atoms with Crippen LogP contribution in [0.25, 0.3) is 0 Å². The summed E-state index contributed by atoms with van der Waals surface area (Å²) in [5.74, 6) is -1.31. The predicted molar refractivity (Wildman–Crippen MR) is 145 cm³/mol. The quantitative estimate of drug-likeness (QED) is 0.516. The van der Waals surface area contributed by atoms with Crippen LogP contribution < -0.4 is 0 Å². The summed E-state index contributed by atoms with van der Waals surface area (Å²) >= 11 is 0. The van der Waals surface area contributed by atoms with Crippen LogP contribution in [0.3, 0.4) is 0 Å². The first-order chi connectivity index (χ1) is 18.2. The van der Waals surface area contributed by atoms with Crippen LogP contribution in [-0.2, 0) is 21.4 Å². The van der Waals surface area contributed by atoms with Gasteiger partial charge in [0.1, 0.15) is 5.69 Å². The number of carbonyl (C=O) groups is 2. The lowest BCUT2D eigenvalue weighted by Crippen LogP contribution is -2.45. The molecule has 2 aliphatic carbocycles. The molecule has 0 bridgehead atoms. The highest BCUT2D eigenvalue weighted by Gasteiger charge is 2.58. The zero-order valence-electron chi connectivity index (χ0n) is 23.1. The minimum atomic E-state index is -3.71. The molecule has 5 rings (SSSR count). The van der Waals surface area contributed by atoms with Crippen molar-refractivity contribution in [1.29, 1.82) is 0 Å². The van der Waals surface area contributed by atoms with E-state index in [1.807, 2.05) is 13.8 Å². The molecule has 0 radical (unpaired) electrons. The van der Waals surface area contributed by atoms with Gasteiger partial charge in [-0.25, -0.2) is 17.7 Å². The molecule has 10 heteroatoms. The Morgan fingerprint density at radius 2 is 1.58 bits per heavy atom. The molecule has 2 saturated heterocycles. The molecule has 9 nitrogen and oxygen atoms in total. The average molecular weight is 546 g/mol. The summed E-state index contributed by atoms with van der Waals surface area (Å²) < 4.78 is 25.9. The number of carbonyl (C=O) groups excluding carboxylic acids is 2. The molecular weight excluding hydrogens is 502 g/mol. The Morgan fingerprint density at radius 1 is 0.974 bits per heavy atom. The highest BCUT2D eigenvalue weighted by molar-refractivity contribution is 7.88. The maximum atomic E-state index is 13.6. The number of aromatic nitrogens is 2. The first kappa shape index (κ1) is 27.5. The van der Waals surface area contributed by atoms with E-state index in [-0.39, 0.29) is 17.5 Å². The van der Waals surface area contributed by atoms with Gasteiger partial charge in [-0.15, -0.1) is 0 Å². The molecule has 210 valence electrons. The lowest BCUT2D eigenvalue weighted by atomic mass is 9.88. The largest absolute Gasteiger partial charge is 0.331 e. The van der Waals surface area contributed by atoms with Gasteiger partial charge in [0.15, 0.2) is 0 Å². The number of nitrogens with zero attached hydrogens (tertiary/aromatic N) is 5. The van der Waals surface area contributed by atoms with E-state index in [1.54, 1.807) is 17.3 Å². The summed E-state index contributed by atoms with van der Waals surface area (Å²) in [6, 6.07) is 0.212. The van der Waals surface area contributed by atoms with Crippen LogP contribution in [0.1, 0.15) is 101 Å². The van der Waals surface area contributed by atoms with Crippen molar-refractivity contribution in [1.82, 2.24) is 24.1 Å². The number of amides is 2. The van der Waals surface area contributed by atoms with Crippen molar-refractivity contribution in [3.63, 3.8) is 0 Å². The molecule has 0 spiro atoms. The molecule has 0 aromatic carbocycles. The molecule has 4 aliphatic rings. The summed E-state index contributed by atoms with van der Waals surface area (Å²) in [4.78, 5) is 40.2. The molecule has 2 amide bonds. The van der Waals surface area contributed by atoms with Gasteiger partial charge in [-0.05, 0) is 38.0 Å². The van der Waals surface area contributed by atoms with Gasteiger partial charge >= 0.3 is 0 Å². The molecule has 1 aromatic heterocycles. The molecular formula is C28H43N5O4S. The first-order valence-corrected chi connectivity index (χ1v) is 16.4. The minimum Gasteiger partial charge on any atom is -0.331 e. The molecule has 38 heavy (non-hydrogen) atoms. The van der Waals surface area contributed by atoms with Crippen LogP contribution in [0.4, 0.5) is 0 Å². The zero-order valence-corrected chi connectivity index (χ0v) is 23.9. The first-order valence-electron chi connectivity index (χ1n) is 14.6. The van der Waals surface area contributed by atoms with Crippen molar-refractivity contribution in [2.75, 3.05) is 12.8 Å².